The molecular weight excluding hydrogens is 527 g/mol. The summed E-state index contributed by atoms with van der Waals surface area (Å²) in [6.45, 7) is 5.30. The smallest absolute Gasteiger partial charge is 0.324 e. The van der Waals surface area contributed by atoms with Crippen molar-refractivity contribution in [1.82, 2.24) is 14.9 Å². The van der Waals surface area contributed by atoms with Crippen molar-refractivity contribution in [3.8, 4) is 5.75 Å². The van der Waals surface area contributed by atoms with Crippen molar-refractivity contribution in [2.24, 2.45) is 0 Å². The van der Waals surface area contributed by atoms with Crippen LogP contribution in [0.1, 0.15) is 6.42 Å². The van der Waals surface area contributed by atoms with Gasteiger partial charge in [-0.2, -0.15) is 0 Å². The van der Waals surface area contributed by atoms with Crippen molar-refractivity contribution in [2.45, 2.75) is 6.42 Å². The molecule has 1 saturated heterocycles. The minimum atomic E-state index is -0.451. The summed E-state index contributed by atoms with van der Waals surface area (Å²) in [5.41, 5.74) is 1.35. The summed E-state index contributed by atoms with van der Waals surface area (Å²) in [4.78, 5) is 22.9. The van der Waals surface area contributed by atoms with Crippen molar-refractivity contribution >= 4 is 65.5 Å². The lowest BCUT2D eigenvalue weighted by atomic mass is 10.3. The Morgan fingerprint density at radius 1 is 1.00 bits per heavy atom. The largest absolute Gasteiger partial charge is 0.494 e. The number of anilines is 4. The van der Waals surface area contributed by atoms with E-state index >= 15 is 0 Å². The Hall–Kier alpha value is -2.82. The van der Waals surface area contributed by atoms with Gasteiger partial charge in [-0.1, -0.05) is 23.7 Å². The number of para-hydroxylation sites is 1. The molecule has 0 saturated carbocycles. The molecule has 36 heavy (non-hydrogen) atoms. The fourth-order valence-corrected chi connectivity index (χ4v) is 3.59. The number of halogens is 3. The van der Waals surface area contributed by atoms with Crippen molar-refractivity contribution in [2.75, 3.05) is 55.4 Å². The lowest BCUT2D eigenvalue weighted by Crippen LogP contribution is -2.37. The van der Waals surface area contributed by atoms with E-state index in [1.54, 1.807) is 30.3 Å². The quantitative estimate of drug-likeness (QED) is 0.301. The van der Waals surface area contributed by atoms with Crippen LogP contribution in [0.3, 0.4) is 0 Å². The first-order valence-electron chi connectivity index (χ1n) is 11.1. The second-order valence-corrected chi connectivity index (χ2v) is 8.06. The fraction of sp³-hybridized carbons (Fsp3) is 0.292. The number of carbonyl (C=O) groups excluding carboxylic acids is 1. The van der Waals surface area contributed by atoms with Crippen LogP contribution < -0.4 is 20.7 Å². The van der Waals surface area contributed by atoms with Crippen molar-refractivity contribution < 1.29 is 14.3 Å². The standard InChI is InChI=1S/C24H27ClN6O3.2ClH/c25-20-4-1-2-5-21(20)29-24(32)30-23-16-22(26-17-27-23)28-18-6-8-19(9-7-18)34-13-3-10-31-11-14-33-15-12-31;;/h1-2,4-9,16-17H,3,10-15H2,(H3,26,27,28,29,30,32);2*1H. The molecular formula is C24H29Cl3N6O3. The molecule has 0 unspecified atom stereocenters. The topological polar surface area (TPSA) is 101 Å². The Labute approximate surface area is 227 Å². The molecule has 1 aromatic heterocycles. The molecule has 0 atom stereocenters. The van der Waals surface area contributed by atoms with Crippen LogP contribution in [0.4, 0.5) is 27.8 Å². The number of rotatable bonds is 9. The molecule has 1 aliphatic rings. The highest BCUT2D eigenvalue weighted by atomic mass is 35.5. The van der Waals surface area contributed by atoms with Crippen LogP contribution in [0.25, 0.3) is 0 Å². The molecule has 0 spiro atoms. The number of aromatic nitrogens is 2. The van der Waals surface area contributed by atoms with Gasteiger partial charge >= 0.3 is 6.03 Å². The van der Waals surface area contributed by atoms with Crippen LogP contribution >= 0.6 is 36.4 Å². The van der Waals surface area contributed by atoms with Gasteiger partial charge in [0.15, 0.2) is 0 Å². The number of carbonyl (C=O) groups is 1. The minimum absolute atomic E-state index is 0. The zero-order valence-electron chi connectivity index (χ0n) is 19.5. The monoisotopic (exact) mass is 554 g/mol. The van der Waals surface area contributed by atoms with Gasteiger partial charge in [0, 0.05) is 31.4 Å². The van der Waals surface area contributed by atoms with Gasteiger partial charge in [-0.15, -0.1) is 24.8 Å². The molecule has 0 radical (unpaired) electrons. The lowest BCUT2D eigenvalue weighted by molar-refractivity contribution is 0.0358. The van der Waals surface area contributed by atoms with Gasteiger partial charge in [-0.25, -0.2) is 14.8 Å². The number of urea groups is 1. The van der Waals surface area contributed by atoms with Crippen molar-refractivity contribution in [3.05, 3.63) is 65.9 Å². The van der Waals surface area contributed by atoms with E-state index in [4.69, 9.17) is 21.1 Å². The maximum absolute atomic E-state index is 12.3. The molecule has 9 nitrogen and oxygen atoms in total. The Morgan fingerprint density at radius 2 is 1.72 bits per heavy atom. The number of amides is 2. The molecule has 3 N–H and O–H groups in total. The highest BCUT2D eigenvalue weighted by Crippen LogP contribution is 2.22. The summed E-state index contributed by atoms with van der Waals surface area (Å²) < 4.78 is 11.2. The predicted molar refractivity (Wildman–Crippen MR) is 148 cm³/mol. The van der Waals surface area contributed by atoms with Gasteiger partial charge in [-0.05, 0) is 42.8 Å². The average Bonchev–Trinajstić information content (AvgIpc) is 2.85. The van der Waals surface area contributed by atoms with E-state index in [9.17, 15) is 4.79 Å². The lowest BCUT2D eigenvalue weighted by Gasteiger charge is -2.26. The Kier molecular flexibility index (Phi) is 12.5. The van der Waals surface area contributed by atoms with Gasteiger partial charge in [-0.3, -0.25) is 10.2 Å². The van der Waals surface area contributed by atoms with E-state index in [1.165, 1.54) is 6.33 Å². The summed E-state index contributed by atoms with van der Waals surface area (Å²) in [5.74, 6) is 1.71. The molecule has 3 aromatic rings. The molecule has 12 heteroatoms. The molecule has 4 rings (SSSR count). The number of hydrogen-bond donors (Lipinski definition) is 3. The van der Waals surface area contributed by atoms with E-state index < -0.39 is 6.03 Å². The fourth-order valence-electron chi connectivity index (χ4n) is 3.41. The third-order valence-corrected chi connectivity index (χ3v) is 5.48. The number of nitrogens with one attached hydrogen (secondary N) is 3. The summed E-state index contributed by atoms with van der Waals surface area (Å²) >= 11 is 6.07. The third kappa shape index (κ3) is 9.33. The van der Waals surface area contributed by atoms with Crippen LogP contribution in [-0.2, 0) is 4.74 Å². The van der Waals surface area contributed by atoms with E-state index in [-0.39, 0.29) is 24.8 Å². The van der Waals surface area contributed by atoms with Crippen LogP contribution in [0.15, 0.2) is 60.9 Å². The summed E-state index contributed by atoms with van der Waals surface area (Å²) in [7, 11) is 0. The molecule has 0 aliphatic carbocycles. The minimum Gasteiger partial charge on any atom is -0.494 e. The Balaban J connectivity index is 0.00000228. The molecule has 2 heterocycles. The first-order valence-corrected chi connectivity index (χ1v) is 11.5. The first kappa shape index (κ1) is 29.4. The molecule has 2 aromatic carbocycles. The summed E-state index contributed by atoms with van der Waals surface area (Å²) in [5, 5.41) is 9.01. The average molecular weight is 556 g/mol. The number of ether oxygens (including phenoxy) is 2. The number of morpholine rings is 1. The molecule has 1 aliphatic heterocycles. The Morgan fingerprint density at radius 3 is 2.47 bits per heavy atom. The van der Waals surface area contributed by atoms with Gasteiger partial charge < -0.3 is 20.1 Å². The van der Waals surface area contributed by atoms with E-state index in [2.05, 4.69) is 30.8 Å². The zero-order valence-corrected chi connectivity index (χ0v) is 21.9. The van der Waals surface area contributed by atoms with Crippen LogP contribution in [-0.4, -0.2) is 60.4 Å². The SMILES string of the molecule is Cl.Cl.O=C(Nc1cc(Nc2ccc(OCCCN3CCOCC3)cc2)ncn1)Nc1ccccc1Cl. The second kappa shape index (κ2) is 15.3. The number of hydrogen-bond acceptors (Lipinski definition) is 7. The summed E-state index contributed by atoms with van der Waals surface area (Å²) in [6.07, 6.45) is 2.35. The molecule has 2 amide bonds. The highest BCUT2D eigenvalue weighted by molar-refractivity contribution is 6.33. The van der Waals surface area contributed by atoms with E-state index in [0.717, 1.165) is 50.7 Å². The van der Waals surface area contributed by atoms with Crippen LogP contribution in [0.2, 0.25) is 5.02 Å². The maximum atomic E-state index is 12.3. The zero-order chi connectivity index (χ0) is 23.6. The van der Waals surface area contributed by atoms with Crippen LogP contribution in [0.5, 0.6) is 5.75 Å². The summed E-state index contributed by atoms with van der Waals surface area (Å²) in [6, 6.07) is 15.8. The number of nitrogens with zero attached hydrogens (tertiary/aromatic N) is 3. The predicted octanol–water partition coefficient (Wildman–Crippen LogP) is 5.46. The van der Waals surface area contributed by atoms with E-state index in [0.29, 0.717) is 29.0 Å². The van der Waals surface area contributed by atoms with Crippen molar-refractivity contribution in [3.63, 3.8) is 0 Å². The maximum Gasteiger partial charge on any atom is 0.324 e. The molecule has 194 valence electrons. The molecule has 1 fully saturated rings. The van der Waals surface area contributed by atoms with Crippen molar-refractivity contribution in [1.29, 1.82) is 0 Å². The number of benzene rings is 2. The normalized spacial score (nSPS) is 13.0. The third-order valence-electron chi connectivity index (χ3n) is 5.15. The van der Waals surface area contributed by atoms with E-state index in [1.807, 2.05) is 24.3 Å². The van der Waals surface area contributed by atoms with Crippen LogP contribution in [0, 0.1) is 0 Å². The van der Waals surface area contributed by atoms with Gasteiger partial charge in [0.2, 0.25) is 0 Å². The second-order valence-electron chi connectivity index (χ2n) is 7.65. The van der Waals surface area contributed by atoms with Gasteiger partial charge in [0.25, 0.3) is 0 Å². The van der Waals surface area contributed by atoms with Gasteiger partial charge in [0.05, 0.1) is 30.5 Å². The van der Waals surface area contributed by atoms with Gasteiger partial charge in [0.1, 0.15) is 23.7 Å². The highest BCUT2D eigenvalue weighted by Gasteiger charge is 2.10. The Bertz CT molecular complexity index is 1080. The molecule has 0 bridgehead atoms. The first-order chi connectivity index (χ1) is 16.7.